The Balaban J connectivity index is 1.85. The number of aliphatic hydroxyl groups is 1. The van der Waals surface area contributed by atoms with Crippen molar-refractivity contribution in [1.82, 2.24) is 4.90 Å². The summed E-state index contributed by atoms with van der Waals surface area (Å²) in [6.45, 7) is 0.695. The minimum Gasteiger partial charge on any atom is -0.394 e. The van der Waals surface area contributed by atoms with Crippen molar-refractivity contribution in [3.63, 3.8) is 0 Å². The molecule has 0 aliphatic carbocycles. The number of rotatable bonds is 2. The van der Waals surface area contributed by atoms with Crippen LogP contribution in [0.3, 0.4) is 0 Å². The maximum Gasteiger partial charge on any atom is 0.254 e. The molecule has 100 valence electrons. The molecule has 5 heteroatoms. The second kappa shape index (κ2) is 4.66. The van der Waals surface area contributed by atoms with Gasteiger partial charge in [-0.3, -0.25) is 9.59 Å². The summed E-state index contributed by atoms with van der Waals surface area (Å²) in [7, 11) is 0. The third-order valence-electron chi connectivity index (χ3n) is 3.83. The number of likely N-dealkylation sites (tertiary alicyclic amines) is 1. The Morgan fingerprint density at radius 2 is 2.32 bits per heavy atom. The highest BCUT2D eigenvalue weighted by molar-refractivity contribution is 6.02. The number of fused-ring (bicyclic) bond motifs is 1. The predicted molar refractivity (Wildman–Crippen MR) is 69.9 cm³/mol. The maximum absolute atomic E-state index is 12.4. The number of anilines is 1. The first-order valence-electron chi connectivity index (χ1n) is 6.53. The molecule has 5 nitrogen and oxygen atoms in total. The van der Waals surface area contributed by atoms with Gasteiger partial charge in [0.15, 0.2) is 0 Å². The second-order valence-corrected chi connectivity index (χ2v) is 5.07. The Labute approximate surface area is 111 Å². The molecule has 2 aliphatic rings. The molecule has 19 heavy (non-hydrogen) atoms. The number of amides is 2. The van der Waals surface area contributed by atoms with Crippen LogP contribution in [0.1, 0.15) is 28.8 Å². The van der Waals surface area contributed by atoms with Crippen molar-refractivity contribution >= 4 is 17.5 Å². The van der Waals surface area contributed by atoms with Gasteiger partial charge >= 0.3 is 0 Å². The summed E-state index contributed by atoms with van der Waals surface area (Å²) in [6, 6.07) is 5.24. The van der Waals surface area contributed by atoms with E-state index < -0.39 is 0 Å². The topological polar surface area (TPSA) is 69.6 Å². The molecule has 0 saturated carbocycles. The third-order valence-corrected chi connectivity index (χ3v) is 3.83. The molecule has 1 atom stereocenters. The molecule has 2 N–H and O–H groups in total. The molecule has 3 rings (SSSR count). The van der Waals surface area contributed by atoms with Crippen molar-refractivity contribution in [2.75, 3.05) is 18.5 Å². The molecule has 1 aromatic carbocycles. The molecule has 0 aromatic heterocycles. The summed E-state index contributed by atoms with van der Waals surface area (Å²) in [5.74, 6) is -0.102. The standard InChI is InChI=1S/C14H16N2O3/c17-8-11-2-1-5-16(11)14(19)10-4-3-9-7-13(18)15-12(9)6-10/h3-4,6,11,17H,1-2,5,7-8H2,(H,15,18)/t11-/m1/s1. The minimum atomic E-state index is -0.0738. The average molecular weight is 260 g/mol. The van der Waals surface area contributed by atoms with Crippen molar-refractivity contribution < 1.29 is 14.7 Å². The lowest BCUT2D eigenvalue weighted by atomic mass is 10.1. The van der Waals surface area contributed by atoms with Gasteiger partial charge in [-0.15, -0.1) is 0 Å². The van der Waals surface area contributed by atoms with Crippen molar-refractivity contribution in [1.29, 1.82) is 0 Å². The summed E-state index contributed by atoms with van der Waals surface area (Å²) in [4.78, 5) is 25.4. The highest BCUT2D eigenvalue weighted by atomic mass is 16.3. The number of benzene rings is 1. The van der Waals surface area contributed by atoms with Gasteiger partial charge in [-0.05, 0) is 30.5 Å². The summed E-state index contributed by atoms with van der Waals surface area (Å²) >= 11 is 0. The Morgan fingerprint density at radius 1 is 1.47 bits per heavy atom. The molecule has 0 unspecified atom stereocenters. The van der Waals surface area contributed by atoms with Crippen LogP contribution in [0.25, 0.3) is 0 Å². The van der Waals surface area contributed by atoms with E-state index in [-0.39, 0.29) is 24.5 Å². The van der Waals surface area contributed by atoms with Crippen molar-refractivity contribution in [2.45, 2.75) is 25.3 Å². The summed E-state index contributed by atoms with van der Waals surface area (Å²) in [5.41, 5.74) is 2.23. The molecular formula is C14H16N2O3. The van der Waals surface area contributed by atoms with E-state index in [1.165, 1.54) is 0 Å². The minimum absolute atomic E-state index is 0.00736. The van der Waals surface area contributed by atoms with Crippen LogP contribution in [0, 0.1) is 0 Å². The van der Waals surface area contributed by atoms with Gasteiger partial charge in [0.1, 0.15) is 0 Å². The molecule has 1 aromatic rings. The Kier molecular flexibility index (Phi) is 2.98. The van der Waals surface area contributed by atoms with Gasteiger partial charge in [0.2, 0.25) is 5.91 Å². The van der Waals surface area contributed by atoms with Crippen LogP contribution in [0.4, 0.5) is 5.69 Å². The lowest BCUT2D eigenvalue weighted by Crippen LogP contribution is -2.37. The first-order valence-corrected chi connectivity index (χ1v) is 6.53. The lowest BCUT2D eigenvalue weighted by Gasteiger charge is -2.23. The average Bonchev–Trinajstić information content (AvgIpc) is 3.01. The Bertz CT molecular complexity index is 541. The van der Waals surface area contributed by atoms with E-state index in [2.05, 4.69) is 5.32 Å². The van der Waals surface area contributed by atoms with E-state index in [1.807, 2.05) is 6.07 Å². The van der Waals surface area contributed by atoms with Crippen molar-refractivity contribution in [3.05, 3.63) is 29.3 Å². The van der Waals surface area contributed by atoms with Crippen LogP contribution in [0.15, 0.2) is 18.2 Å². The molecule has 0 radical (unpaired) electrons. The number of aliphatic hydroxyl groups excluding tert-OH is 1. The van der Waals surface area contributed by atoms with Crippen molar-refractivity contribution in [2.24, 2.45) is 0 Å². The van der Waals surface area contributed by atoms with E-state index in [4.69, 9.17) is 0 Å². The number of carbonyl (C=O) groups is 2. The van der Waals surface area contributed by atoms with Gasteiger partial charge in [-0.25, -0.2) is 0 Å². The number of nitrogens with one attached hydrogen (secondary N) is 1. The zero-order valence-electron chi connectivity index (χ0n) is 10.6. The molecule has 2 heterocycles. The molecule has 0 spiro atoms. The molecule has 1 saturated heterocycles. The zero-order valence-corrected chi connectivity index (χ0v) is 10.6. The van der Waals surface area contributed by atoms with E-state index in [0.29, 0.717) is 18.5 Å². The normalized spacial score (nSPS) is 21.4. The molecule has 0 bridgehead atoms. The first kappa shape index (κ1) is 12.2. The van der Waals surface area contributed by atoms with Gasteiger partial charge in [-0.2, -0.15) is 0 Å². The molecule has 1 fully saturated rings. The number of hydrogen-bond acceptors (Lipinski definition) is 3. The fourth-order valence-electron chi connectivity index (χ4n) is 2.81. The number of nitrogens with zero attached hydrogens (tertiary/aromatic N) is 1. The van der Waals surface area contributed by atoms with Crippen LogP contribution < -0.4 is 5.32 Å². The summed E-state index contributed by atoms with van der Waals surface area (Å²) < 4.78 is 0. The fourth-order valence-corrected chi connectivity index (χ4v) is 2.81. The molecule has 2 amide bonds. The predicted octanol–water partition coefficient (Wildman–Crippen LogP) is 0.778. The largest absolute Gasteiger partial charge is 0.394 e. The quantitative estimate of drug-likeness (QED) is 0.825. The SMILES string of the molecule is O=C1Cc2ccc(C(=O)N3CCC[C@@H]3CO)cc2N1. The zero-order chi connectivity index (χ0) is 13.4. The highest BCUT2D eigenvalue weighted by Gasteiger charge is 2.29. The monoisotopic (exact) mass is 260 g/mol. The van der Waals surface area contributed by atoms with Crippen LogP contribution in [0.2, 0.25) is 0 Å². The smallest absolute Gasteiger partial charge is 0.254 e. The van der Waals surface area contributed by atoms with Crippen molar-refractivity contribution in [3.8, 4) is 0 Å². The lowest BCUT2D eigenvalue weighted by molar-refractivity contribution is -0.115. The van der Waals surface area contributed by atoms with Crippen LogP contribution in [-0.4, -0.2) is 41.0 Å². The van der Waals surface area contributed by atoms with E-state index in [0.717, 1.165) is 24.1 Å². The van der Waals surface area contributed by atoms with Gasteiger partial charge in [0.05, 0.1) is 19.1 Å². The maximum atomic E-state index is 12.4. The van der Waals surface area contributed by atoms with E-state index in [1.54, 1.807) is 17.0 Å². The van der Waals surface area contributed by atoms with E-state index in [9.17, 15) is 14.7 Å². The van der Waals surface area contributed by atoms with E-state index >= 15 is 0 Å². The third kappa shape index (κ3) is 2.10. The van der Waals surface area contributed by atoms with Gasteiger partial charge < -0.3 is 15.3 Å². The fraction of sp³-hybridized carbons (Fsp3) is 0.429. The summed E-state index contributed by atoms with van der Waals surface area (Å²) in [5, 5.41) is 12.0. The second-order valence-electron chi connectivity index (χ2n) is 5.07. The number of carbonyl (C=O) groups excluding carboxylic acids is 2. The van der Waals surface area contributed by atoms with Gasteiger partial charge in [0, 0.05) is 17.8 Å². The van der Waals surface area contributed by atoms with Crippen LogP contribution >= 0.6 is 0 Å². The Hall–Kier alpha value is -1.88. The number of hydrogen-bond donors (Lipinski definition) is 2. The Morgan fingerprint density at radius 3 is 3.11 bits per heavy atom. The highest BCUT2D eigenvalue weighted by Crippen LogP contribution is 2.26. The van der Waals surface area contributed by atoms with Gasteiger partial charge in [-0.1, -0.05) is 6.07 Å². The van der Waals surface area contributed by atoms with Crippen LogP contribution in [0.5, 0.6) is 0 Å². The van der Waals surface area contributed by atoms with Crippen LogP contribution in [-0.2, 0) is 11.2 Å². The molecular weight excluding hydrogens is 244 g/mol. The molecule has 2 aliphatic heterocycles. The van der Waals surface area contributed by atoms with Gasteiger partial charge in [0.25, 0.3) is 5.91 Å². The first-order chi connectivity index (χ1) is 9.19. The summed E-state index contributed by atoms with van der Waals surface area (Å²) in [6.07, 6.45) is 2.16.